The van der Waals surface area contributed by atoms with Crippen LogP contribution in [0.25, 0.3) is 5.82 Å². The molecule has 27 heavy (non-hydrogen) atoms. The molecule has 8 nitrogen and oxygen atoms in total. The van der Waals surface area contributed by atoms with Crippen LogP contribution in [0.15, 0.2) is 49.2 Å². The molecule has 0 aliphatic carbocycles. The summed E-state index contributed by atoms with van der Waals surface area (Å²) in [6.45, 7) is 3.42. The summed E-state index contributed by atoms with van der Waals surface area (Å²) in [5.74, 6) is 2.04. The van der Waals surface area contributed by atoms with Gasteiger partial charge in [-0.15, -0.1) is 0 Å². The van der Waals surface area contributed by atoms with Crippen molar-refractivity contribution in [1.29, 1.82) is 0 Å². The number of aryl methyl sites for hydroxylation is 1. The zero-order valence-corrected chi connectivity index (χ0v) is 15.1. The lowest BCUT2D eigenvalue weighted by Gasteiger charge is -2.32. The first kappa shape index (κ1) is 17.1. The number of aromatic nitrogens is 5. The zero-order chi connectivity index (χ0) is 18.6. The fraction of sp³-hybridized carbons (Fsp3) is 0.316. The maximum absolute atomic E-state index is 12.7. The van der Waals surface area contributed by atoms with Crippen LogP contribution in [-0.4, -0.2) is 43.7 Å². The highest BCUT2D eigenvalue weighted by Crippen LogP contribution is 2.24. The third kappa shape index (κ3) is 3.79. The van der Waals surface area contributed by atoms with Crippen LogP contribution in [0.1, 0.15) is 18.4 Å². The monoisotopic (exact) mass is 363 g/mol. The van der Waals surface area contributed by atoms with Crippen LogP contribution < -0.4 is 10.2 Å². The summed E-state index contributed by atoms with van der Waals surface area (Å²) in [5.41, 5.74) is 0.957. The van der Waals surface area contributed by atoms with Gasteiger partial charge in [-0.25, -0.2) is 19.6 Å². The molecule has 1 atom stereocenters. The van der Waals surface area contributed by atoms with Gasteiger partial charge in [0, 0.05) is 37.7 Å². The predicted octanol–water partition coefficient (Wildman–Crippen LogP) is 2.22. The van der Waals surface area contributed by atoms with E-state index in [0.29, 0.717) is 18.2 Å². The summed E-state index contributed by atoms with van der Waals surface area (Å²) in [6.07, 6.45) is 8.56. The van der Waals surface area contributed by atoms with Gasteiger partial charge >= 0.3 is 0 Å². The Hall–Kier alpha value is -3.29. The number of nitrogens with zero attached hydrogens (tertiary/aromatic N) is 6. The predicted molar refractivity (Wildman–Crippen MR) is 102 cm³/mol. The second-order valence-electron chi connectivity index (χ2n) is 6.63. The second kappa shape index (κ2) is 7.53. The average Bonchev–Trinajstić information content (AvgIpc) is 3.25. The molecule has 138 valence electrons. The Balaban J connectivity index is 1.47. The molecule has 0 radical (unpaired) electrons. The first-order chi connectivity index (χ1) is 13.2. The minimum atomic E-state index is -0.108. The van der Waals surface area contributed by atoms with Crippen molar-refractivity contribution in [2.24, 2.45) is 5.92 Å². The van der Waals surface area contributed by atoms with Crippen molar-refractivity contribution in [3.63, 3.8) is 0 Å². The summed E-state index contributed by atoms with van der Waals surface area (Å²) in [6, 6.07) is 7.55. The van der Waals surface area contributed by atoms with Crippen LogP contribution in [0.3, 0.4) is 0 Å². The third-order valence-electron chi connectivity index (χ3n) is 4.74. The average molecular weight is 363 g/mol. The van der Waals surface area contributed by atoms with E-state index in [-0.39, 0.29) is 11.8 Å². The van der Waals surface area contributed by atoms with Gasteiger partial charge in [0.2, 0.25) is 5.91 Å². The van der Waals surface area contributed by atoms with Crippen LogP contribution in [0.4, 0.5) is 11.6 Å². The molecule has 4 heterocycles. The first-order valence-corrected chi connectivity index (χ1v) is 9.00. The summed E-state index contributed by atoms with van der Waals surface area (Å²) >= 11 is 0. The molecule has 1 saturated heterocycles. The van der Waals surface area contributed by atoms with Gasteiger partial charge in [0.05, 0.1) is 5.92 Å². The maximum Gasteiger partial charge on any atom is 0.230 e. The van der Waals surface area contributed by atoms with Gasteiger partial charge < -0.3 is 10.2 Å². The van der Waals surface area contributed by atoms with E-state index < -0.39 is 0 Å². The van der Waals surface area contributed by atoms with E-state index in [9.17, 15) is 4.79 Å². The molecular formula is C19H21N7O. The summed E-state index contributed by atoms with van der Waals surface area (Å²) in [5, 5.41) is 7.17. The Morgan fingerprint density at radius 2 is 2.07 bits per heavy atom. The molecule has 0 aromatic carbocycles. The molecule has 0 saturated carbocycles. The summed E-state index contributed by atoms with van der Waals surface area (Å²) in [7, 11) is 0. The molecule has 0 bridgehead atoms. The van der Waals surface area contributed by atoms with Crippen molar-refractivity contribution >= 4 is 17.5 Å². The van der Waals surface area contributed by atoms with Crippen molar-refractivity contribution in [3.8, 4) is 5.82 Å². The lowest BCUT2D eigenvalue weighted by molar-refractivity contribution is -0.120. The van der Waals surface area contributed by atoms with Crippen molar-refractivity contribution in [2.45, 2.75) is 19.8 Å². The lowest BCUT2D eigenvalue weighted by atomic mass is 9.97. The van der Waals surface area contributed by atoms with Gasteiger partial charge in [-0.05, 0) is 37.5 Å². The van der Waals surface area contributed by atoms with Crippen molar-refractivity contribution in [3.05, 3.63) is 54.7 Å². The van der Waals surface area contributed by atoms with Gasteiger partial charge in [0.1, 0.15) is 18.0 Å². The van der Waals surface area contributed by atoms with E-state index in [1.54, 1.807) is 17.1 Å². The Kier molecular flexibility index (Phi) is 4.78. The number of carbonyl (C=O) groups excluding carboxylic acids is 1. The molecule has 1 N–H and O–H groups in total. The number of amides is 1. The molecular weight excluding hydrogens is 342 g/mol. The Bertz CT molecular complexity index is 925. The summed E-state index contributed by atoms with van der Waals surface area (Å²) < 4.78 is 1.70. The number of rotatable bonds is 4. The standard InChI is InChI=1S/C19H21N7O/c1-14-5-2-7-20-18(14)24-19(27)15-6-3-9-25(12-15)16-11-17(22-13-21-16)26-10-4-8-23-26/h2,4-5,7-8,10-11,13,15H,3,6,9,12H2,1H3,(H,20,24,27). The first-order valence-electron chi connectivity index (χ1n) is 9.00. The Labute approximate surface area is 157 Å². The SMILES string of the molecule is Cc1cccnc1NC(=O)C1CCCN(c2cc(-n3cccn3)ncn2)C1. The van der Waals surface area contributed by atoms with Crippen LogP contribution in [0, 0.1) is 12.8 Å². The number of anilines is 2. The van der Waals surface area contributed by atoms with Crippen molar-refractivity contribution in [2.75, 3.05) is 23.3 Å². The van der Waals surface area contributed by atoms with E-state index in [1.165, 1.54) is 6.33 Å². The fourth-order valence-corrected chi connectivity index (χ4v) is 3.27. The van der Waals surface area contributed by atoms with Gasteiger partial charge in [0.25, 0.3) is 0 Å². The number of pyridine rings is 1. The fourth-order valence-electron chi connectivity index (χ4n) is 3.27. The molecule has 0 spiro atoms. The number of nitrogens with one attached hydrogen (secondary N) is 1. The molecule has 4 rings (SSSR count). The topological polar surface area (TPSA) is 88.8 Å². The number of carbonyl (C=O) groups is 1. The quantitative estimate of drug-likeness (QED) is 0.765. The van der Waals surface area contributed by atoms with Gasteiger partial charge in [-0.3, -0.25) is 4.79 Å². The normalized spacial score (nSPS) is 16.9. The zero-order valence-electron chi connectivity index (χ0n) is 15.1. The number of piperidine rings is 1. The smallest absolute Gasteiger partial charge is 0.230 e. The highest BCUT2D eigenvalue weighted by Gasteiger charge is 2.27. The Morgan fingerprint density at radius 1 is 1.19 bits per heavy atom. The van der Waals surface area contributed by atoms with Crippen LogP contribution in [0.2, 0.25) is 0 Å². The van der Waals surface area contributed by atoms with E-state index in [4.69, 9.17) is 0 Å². The van der Waals surface area contributed by atoms with Gasteiger partial charge in [0.15, 0.2) is 5.82 Å². The van der Waals surface area contributed by atoms with Crippen LogP contribution >= 0.6 is 0 Å². The molecule has 1 aliphatic heterocycles. The van der Waals surface area contributed by atoms with E-state index in [2.05, 4.69) is 30.3 Å². The molecule has 1 aliphatic rings. The van der Waals surface area contributed by atoms with Gasteiger partial charge in [-0.2, -0.15) is 5.10 Å². The Morgan fingerprint density at radius 3 is 2.89 bits per heavy atom. The largest absolute Gasteiger partial charge is 0.356 e. The molecule has 3 aromatic rings. The van der Waals surface area contributed by atoms with E-state index in [1.807, 2.05) is 37.4 Å². The molecule has 8 heteroatoms. The van der Waals surface area contributed by atoms with E-state index >= 15 is 0 Å². The molecule has 1 fully saturated rings. The second-order valence-corrected chi connectivity index (χ2v) is 6.63. The maximum atomic E-state index is 12.7. The minimum absolute atomic E-state index is 0.00264. The van der Waals surface area contributed by atoms with Gasteiger partial charge in [-0.1, -0.05) is 6.07 Å². The molecule has 1 amide bonds. The highest BCUT2D eigenvalue weighted by atomic mass is 16.2. The highest BCUT2D eigenvalue weighted by molar-refractivity contribution is 5.92. The summed E-state index contributed by atoms with van der Waals surface area (Å²) in [4.78, 5) is 27.8. The third-order valence-corrected chi connectivity index (χ3v) is 4.74. The van der Waals surface area contributed by atoms with E-state index in [0.717, 1.165) is 30.8 Å². The molecule has 1 unspecified atom stereocenters. The van der Waals surface area contributed by atoms with Crippen molar-refractivity contribution in [1.82, 2.24) is 24.7 Å². The van der Waals surface area contributed by atoms with Crippen LogP contribution in [-0.2, 0) is 4.79 Å². The molecule has 3 aromatic heterocycles. The lowest BCUT2D eigenvalue weighted by Crippen LogP contribution is -2.41. The number of hydrogen-bond acceptors (Lipinski definition) is 6. The van der Waals surface area contributed by atoms with Crippen molar-refractivity contribution < 1.29 is 4.79 Å². The minimum Gasteiger partial charge on any atom is -0.356 e. The number of hydrogen-bond donors (Lipinski definition) is 1. The van der Waals surface area contributed by atoms with Crippen LogP contribution in [0.5, 0.6) is 0 Å².